The maximum Gasteiger partial charge on any atom is 0.221 e. The average Bonchev–Trinajstić information content (AvgIpc) is 1.69. The summed E-state index contributed by atoms with van der Waals surface area (Å²) in [6.45, 7) is 4.74. The Morgan fingerprint density at radius 1 is 1.57 bits per heavy atom. The SMILES string of the molecule is C#C[C-]=C=C=C=[CH+]. The van der Waals surface area contributed by atoms with E-state index in [0.29, 0.717) is 0 Å². The lowest BCUT2D eigenvalue weighted by Gasteiger charge is -1.48. The second kappa shape index (κ2) is 4.55. The highest BCUT2D eigenvalue weighted by Crippen LogP contribution is 1.51. The van der Waals surface area contributed by atoms with Crippen LogP contribution in [0, 0.1) is 25.0 Å². The van der Waals surface area contributed by atoms with Crippen molar-refractivity contribution in [3.63, 3.8) is 0 Å². The van der Waals surface area contributed by atoms with Crippen molar-refractivity contribution in [3.8, 4) is 12.3 Å². The number of hydrogen-bond donors (Lipinski definition) is 0. The van der Waals surface area contributed by atoms with E-state index in [2.05, 4.69) is 29.2 Å². The van der Waals surface area contributed by atoms with Crippen LogP contribution < -0.4 is 0 Å². The highest BCUT2D eigenvalue weighted by molar-refractivity contribution is 4.99. The molecule has 0 aliphatic heterocycles. The molecule has 0 spiro atoms. The fraction of sp³-hybridized carbons (Fsp3) is 0. The fourth-order valence-electron chi connectivity index (χ4n) is 0.103. The molecule has 0 atom stereocenters. The van der Waals surface area contributed by atoms with Gasteiger partial charge >= 0.3 is 0 Å². The van der Waals surface area contributed by atoms with E-state index in [-0.39, 0.29) is 0 Å². The van der Waals surface area contributed by atoms with Crippen LogP contribution in [0.4, 0.5) is 0 Å². The van der Waals surface area contributed by atoms with Crippen molar-refractivity contribution in [1.82, 2.24) is 0 Å². The first kappa shape index (κ1) is 5.55. The highest BCUT2D eigenvalue weighted by atomic mass is 13.4. The molecule has 0 fully saturated rings. The summed E-state index contributed by atoms with van der Waals surface area (Å²) in [6.07, 6.45) is 7.01. The summed E-state index contributed by atoms with van der Waals surface area (Å²) < 4.78 is 0. The molecule has 0 aromatic rings. The topological polar surface area (TPSA) is 0 Å². The van der Waals surface area contributed by atoms with Crippen LogP contribution in [-0.4, -0.2) is 0 Å². The van der Waals surface area contributed by atoms with Crippen LogP contribution in [0.25, 0.3) is 0 Å². The zero-order valence-corrected chi connectivity index (χ0v) is 3.65. The molecule has 0 heterocycles. The zero-order valence-electron chi connectivity index (χ0n) is 3.65. The smallest absolute Gasteiger partial charge is 0.221 e. The summed E-state index contributed by atoms with van der Waals surface area (Å²) in [4.78, 5) is 0. The summed E-state index contributed by atoms with van der Waals surface area (Å²) in [6, 6.07) is 0. The van der Waals surface area contributed by atoms with Crippen LogP contribution in [0.1, 0.15) is 0 Å². The molecular formula is C7H2. The van der Waals surface area contributed by atoms with E-state index in [1.54, 1.807) is 0 Å². The Morgan fingerprint density at radius 2 is 2.29 bits per heavy atom. The minimum absolute atomic E-state index is 2.08. The Labute approximate surface area is 43.2 Å². The summed E-state index contributed by atoms with van der Waals surface area (Å²) >= 11 is 0. The van der Waals surface area contributed by atoms with Gasteiger partial charge in [0.15, 0.2) is 0 Å². The lowest BCUT2D eigenvalue weighted by molar-refractivity contribution is 2.08. The van der Waals surface area contributed by atoms with Gasteiger partial charge in [0.25, 0.3) is 0 Å². The monoisotopic (exact) mass is 86.0 g/mol. The first-order valence-corrected chi connectivity index (χ1v) is 1.58. The van der Waals surface area contributed by atoms with E-state index in [4.69, 9.17) is 13.0 Å². The summed E-state index contributed by atoms with van der Waals surface area (Å²) in [5.41, 5.74) is 6.67. The second-order valence-corrected chi connectivity index (χ2v) is 0.664. The van der Waals surface area contributed by atoms with E-state index >= 15 is 0 Å². The van der Waals surface area contributed by atoms with Crippen molar-refractivity contribution >= 4 is 0 Å². The molecule has 0 nitrogen and oxygen atoms in total. The van der Waals surface area contributed by atoms with Crippen LogP contribution >= 0.6 is 0 Å². The standard InChI is InChI=1S/C7H2/c1-3-5-7-6-4-2/h1-2H. The molecule has 0 N–H and O–H groups in total. The first-order valence-electron chi connectivity index (χ1n) is 1.58. The van der Waals surface area contributed by atoms with Gasteiger partial charge in [-0.2, -0.15) is 0 Å². The Kier molecular flexibility index (Phi) is 3.61. The molecule has 0 saturated heterocycles. The van der Waals surface area contributed by atoms with Crippen LogP contribution in [0.2, 0.25) is 0 Å². The summed E-state index contributed by atoms with van der Waals surface area (Å²) in [7, 11) is 0. The van der Waals surface area contributed by atoms with Gasteiger partial charge in [-0.1, -0.05) is 0 Å². The van der Waals surface area contributed by atoms with Crippen LogP contribution in [0.5, 0.6) is 0 Å². The van der Waals surface area contributed by atoms with Gasteiger partial charge in [-0.15, -0.1) is 0 Å². The van der Waals surface area contributed by atoms with Gasteiger partial charge in [0.1, 0.15) is 6.58 Å². The summed E-state index contributed by atoms with van der Waals surface area (Å²) in [5.74, 6) is 2.08. The lowest BCUT2D eigenvalue weighted by atomic mass is 10.6. The molecule has 0 aromatic heterocycles. The molecule has 0 unspecified atom stereocenters. The molecule has 0 aliphatic rings. The molecule has 0 saturated carbocycles. The molecular weight excluding hydrogens is 84.1 g/mol. The van der Waals surface area contributed by atoms with E-state index in [1.165, 1.54) is 0 Å². The molecule has 0 radical (unpaired) electrons. The van der Waals surface area contributed by atoms with Gasteiger partial charge in [0, 0.05) is 5.73 Å². The van der Waals surface area contributed by atoms with Crippen molar-refractivity contribution in [2.45, 2.75) is 0 Å². The molecule has 0 aliphatic carbocycles. The quantitative estimate of drug-likeness (QED) is 0.233. The third kappa shape index (κ3) is 4.55. The van der Waals surface area contributed by atoms with E-state index in [1.807, 2.05) is 0 Å². The van der Waals surface area contributed by atoms with Crippen LogP contribution in [0.3, 0.4) is 0 Å². The van der Waals surface area contributed by atoms with Gasteiger partial charge in [-0.25, -0.2) is 5.92 Å². The number of hydrogen-bond acceptors (Lipinski definition) is 0. The van der Waals surface area contributed by atoms with Crippen molar-refractivity contribution in [2.75, 3.05) is 0 Å². The molecule has 30 valence electrons. The zero-order chi connectivity index (χ0) is 5.54. The van der Waals surface area contributed by atoms with Gasteiger partial charge in [0.2, 0.25) is 11.5 Å². The Hall–Kier alpha value is -1.45. The van der Waals surface area contributed by atoms with Gasteiger partial charge in [0.05, 0.1) is 0 Å². The van der Waals surface area contributed by atoms with Crippen LogP contribution in [0.15, 0.2) is 17.2 Å². The largest absolute Gasteiger partial charge is 0.266 e. The lowest BCUT2D eigenvalue weighted by Crippen LogP contribution is -1.33. The number of allylic oxidation sites excluding steroid dienone is 1. The number of rotatable bonds is 0. The third-order valence-corrected chi connectivity index (χ3v) is 0.269. The molecule has 0 rings (SSSR count). The van der Waals surface area contributed by atoms with Crippen molar-refractivity contribution < 1.29 is 0 Å². The van der Waals surface area contributed by atoms with E-state index in [0.717, 1.165) is 0 Å². The highest BCUT2D eigenvalue weighted by Gasteiger charge is 1.44. The average molecular weight is 86.1 g/mol. The van der Waals surface area contributed by atoms with Gasteiger partial charge < -0.3 is 0 Å². The molecule has 0 aromatic carbocycles. The summed E-state index contributed by atoms with van der Waals surface area (Å²) in [5, 5.41) is 0. The van der Waals surface area contributed by atoms with Gasteiger partial charge in [-0.05, 0) is 6.08 Å². The maximum atomic E-state index is 4.74. The first-order chi connectivity index (χ1) is 3.41. The maximum absolute atomic E-state index is 4.74. The molecule has 0 bridgehead atoms. The fourth-order valence-corrected chi connectivity index (χ4v) is 0.103. The van der Waals surface area contributed by atoms with E-state index < -0.39 is 0 Å². The second-order valence-electron chi connectivity index (χ2n) is 0.664. The molecule has 0 amide bonds. The minimum atomic E-state index is 2.08. The van der Waals surface area contributed by atoms with Crippen LogP contribution in [-0.2, 0) is 0 Å². The predicted octanol–water partition coefficient (Wildman–Crippen LogP) is 0.877. The minimum Gasteiger partial charge on any atom is -0.266 e. The number of terminal acetylenes is 1. The van der Waals surface area contributed by atoms with Crippen molar-refractivity contribution in [1.29, 1.82) is 0 Å². The molecule has 0 heteroatoms. The van der Waals surface area contributed by atoms with Gasteiger partial charge in [-0.3, -0.25) is 6.42 Å². The Morgan fingerprint density at radius 3 is 2.71 bits per heavy atom. The third-order valence-electron chi connectivity index (χ3n) is 0.269. The normalized spacial score (nSPS) is 3.71. The van der Waals surface area contributed by atoms with E-state index in [9.17, 15) is 0 Å². The predicted molar refractivity (Wildman–Crippen MR) is 26.9 cm³/mol. The molecule has 7 heavy (non-hydrogen) atoms. The van der Waals surface area contributed by atoms with Crippen molar-refractivity contribution in [2.24, 2.45) is 0 Å². The Bertz CT molecular complexity index is 185. The van der Waals surface area contributed by atoms with Crippen molar-refractivity contribution in [3.05, 3.63) is 29.8 Å². The Balaban J connectivity index is 4.27.